The molecule has 0 radical (unpaired) electrons. The van der Waals surface area contributed by atoms with E-state index in [9.17, 15) is 9.59 Å². The largest absolute Gasteiger partial charge is 0.366 e. The Morgan fingerprint density at radius 2 is 2.29 bits per heavy atom. The summed E-state index contributed by atoms with van der Waals surface area (Å²) in [6, 6.07) is 0. The molecule has 0 aromatic carbocycles. The number of Topliss-reactive ketones (excluding diaryl/α,β-unsaturated/α-hetero) is 1. The maximum atomic E-state index is 11.4. The molecule has 0 bridgehead atoms. The third kappa shape index (κ3) is 1.43. The van der Waals surface area contributed by atoms with E-state index in [0.29, 0.717) is 18.4 Å². The van der Waals surface area contributed by atoms with Crippen LogP contribution in [0.15, 0.2) is 23.5 Å². The average Bonchev–Trinajstić information content (AvgIpc) is 2.17. The first-order valence-electron chi connectivity index (χ1n) is 4.69. The SMILES string of the molecule is NC(=O)C1=CN2CCCC(=O)C2=CC1. The second-order valence-corrected chi connectivity index (χ2v) is 3.53. The number of hydrogen-bond acceptors (Lipinski definition) is 3. The lowest BCUT2D eigenvalue weighted by Gasteiger charge is -2.30. The van der Waals surface area contributed by atoms with Gasteiger partial charge < -0.3 is 10.6 Å². The van der Waals surface area contributed by atoms with Crippen molar-refractivity contribution in [1.82, 2.24) is 4.90 Å². The van der Waals surface area contributed by atoms with Gasteiger partial charge >= 0.3 is 0 Å². The zero-order valence-corrected chi connectivity index (χ0v) is 7.82. The summed E-state index contributed by atoms with van der Waals surface area (Å²) in [5.41, 5.74) is 6.47. The molecule has 0 unspecified atom stereocenters. The number of hydrogen-bond donors (Lipinski definition) is 1. The first-order valence-corrected chi connectivity index (χ1v) is 4.69. The van der Waals surface area contributed by atoms with Gasteiger partial charge in [-0.1, -0.05) is 6.08 Å². The third-order valence-electron chi connectivity index (χ3n) is 2.54. The Balaban J connectivity index is 2.24. The van der Waals surface area contributed by atoms with Crippen LogP contribution in [0.1, 0.15) is 19.3 Å². The summed E-state index contributed by atoms with van der Waals surface area (Å²) in [5.74, 6) is -0.241. The molecule has 2 heterocycles. The van der Waals surface area contributed by atoms with E-state index in [0.717, 1.165) is 18.7 Å². The number of nitrogens with two attached hydrogens (primary N) is 1. The summed E-state index contributed by atoms with van der Waals surface area (Å²) >= 11 is 0. The molecule has 2 rings (SSSR count). The van der Waals surface area contributed by atoms with E-state index in [4.69, 9.17) is 5.73 Å². The van der Waals surface area contributed by atoms with Crippen molar-refractivity contribution in [3.63, 3.8) is 0 Å². The minimum Gasteiger partial charge on any atom is -0.366 e. The van der Waals surface area contributed by atoms with E-state index in [1.807, 2.05) is 4.90 Å². The first kappa shape index (κ1) is 8.99. The highest BCUT2D eigenvalue weighted by atomic mass is 16.1. The van der Waals surface area contributed by atoms with Crippen molar-refractivity contribution in [2.75, 3.05) is 6.54 Å². The average molecular weight is 192 g/mol. The Labute approximate surface area is 82.1 Å². The van der Waals surface area contributed by atoms with Crippen molar-refractivity contribution >= 4 is 11.7 Å². The summed E-state index contributed by atoms with van der Waals surface area (Å²) in [6.07, 6.45) is 5.43. The van der Waals surface area contributed by atoms with Gasteiger partial charge in [0.2, 0.25) is 5.91 Å². The fourth-order valence-electron chi connectivity index (χ4n) is 1.80. The summed E-state index contributed by atoms with van der Waals surface area (Å²) < 4.78 is 0. The van der Waals surface area contributed by atoms with E-state index in [1.54, 1.807) is 12.3 Å². The van der Waals surface area contributed by atoms with Gasteiger partial charge in [-0.3, -0.25) is 9.59 Å². The number of amides is 1. The zero-order valence-electron chi connectivity index (χ0n) is 7.82. The molecule has 1 fully saturated rings. The van der Waals surface area contributed by atoms with Crippen LogP contribution in [0.4, 0.5) is 0 Å². The number of allylic oxidation sites excluding steroid dienone is 2. The normalized spacial score (nSPS) is 21.1. The molecule has 1 saturated heterocycles. The van der Waals surface area contributed by atoms with Crippen LogP contribution in [0.5, 0.6) is 0 Å². The predicted octanol–water partition coefficient (Wildman–Crippen LogP) is 0.308. The van der Waals surface area contributed by atoms with Crippen LogP contribution >= 0.6 is 0 Å². The molecular weight excluding hydrogens is 180 g/mol. The fraction of sp³-hybridized carbons (Fsp3) is 0.400. The molecule has 2 aliphatic heterocycles. The van der Waals surface area contributed by atoms with Gasteiger partial charge in [0.1, 0.15) is 0 Å². The lowest BCUT2D eigenvalue weighted by atomic mass is 10.00. The number of rotatable bonds is 1. The highest BCUT2D eigenvalue weighted by Gasteiger charge is 2.24. The number of ketones is 1. The number of fused-ring (bicyclic) bond motifs is 1. The molecule has 14 heavy (non-hydrogen) atoms. The topological polar surface area (TPSA) is 63.4 Å². The predicted molar refractivity (Wildman–Crippen MR) is 50.9 cm³/mol. The number of carbonyl (C=O) groups excluding carboxylic acids is 2. The zero-order chi connectivity index (χ0) is 10.1. The lowest BCUT2D eigenvalue weighted by Crippen LogP contribution is -2.33. The van der Waals surface area contributed by atoms with E-state index < -0.39 is 5.91 Å². The minimum atomic E-state index is -0.404. The number of piperidine rings is 1. The van der Waals surface area contributed by atoms with E-state index in [2.05, 4.69) is 0 Å². The van der Waals surface area contributed by atoms with Gasteiger partial charge in [-0.15, -0.1) is 0 Å². The van der Waals surface area contributed by atoms with Gasteiger partial charge in [0, 0.05) is 24.7 Å². The Kier molecular flexibility index (Phi) is 2.11. The van der Waals surface area contributed by atoms with Crippen molar-refractivity contribution in [3.8, 4) is 0 Å². The van der Waals surface area contributed by atoms with E-state index in [1.165, 1.54) is 0 Å². The van der Waals surface area contributed by atoms with Crippen LogP contribution in [-0.4, -0.2) is 23.1 Å². The molecule has 0 spiro atoms. The summed E-state index contributed by atoms with van der Waals surface area (Å²) in [4.78, 5) is 24.2. The molecule has 74 valence electrons. The molecule has 4 nitrogen and oxygen atoms in total. The Morgan fingerprint density at radius 1 is 1.50 bits per heavy atom. The maximum absolute atomic E-state index is 11.4. The van der Waals surface area contributed by atoms with Gasteiger partial charge in [-0.25, -0.2) is 0 Å². The van der Waals surface area contributed by atoms with Crippen LogP contribution in [-0.2, 0) is 9.59 Å². The Hall–Kier alpha value is -1.58. The molecule has 4 heteroatoms. The second kappa shape index (κ2) is 3.29. The standard InChI is InChI=1S/C10H12N2O2/c11-10(14)7-3-4-8-9(13)2-1-5-12(8)6-7/h4,6H,1-3,5H2,(H2,11,14). The second-order valence-electron chi connectivity index (χ2n) is 3.53. The number of nitrogens with zero attached hydrogens (tertiary/aromatic N) is 1. The van der Waals surface area contributed by atoms with Gasteiger partial charge in [0.25, 0.3) is 0 Å². The molecule has 0 aromatic heterocycles. The third-order valence-corrected chi connectivity index (χ3v) is 2.54. The van der Waals surface area contributed by atoms with Gasteiger partial charge in [-0.2, -0.15) is 0 Å². The van der Waals surface area contributed by atoms with Crippen LogP contribution in [0.25, 0.3) is 0 Å². The fourth-order valence-corrected chi connectivity index (χ4v) is 1.80. The molecule has 2 N–H and O–H groups in total. The molecular formula is C10H12N2O2. The Morgan fingerprint density at radius 3 is 3.00 bits per heavy atom. The lowest BCUT2D eigenvalue weighted by molar-refractivity contribution is -0.118. The highest BCUT2D eigenvalue weighted by molar-refractivity contribution is 5.98. The first-order chi connectivity index (χ1) is 6.68. The monoisotopic (exact) mass is 192 g/mol. The highest BCUT2D eigenvalue weighted by Crippen LogP contribution is 2.24. The summed E-state index contributed by atoms with van der Waals surface area (Å²) in [6.45, 7) is 0.800. The van der Waals surface area contributed by atoms with Crippen molar-refractivity contribution in [2.24, 2.45) is 5.73 Å². The summed E-state index contributed by atoms with van der Waals surface area (Å²) in [5, 5.41) is 0. The summed E-state index contributed by atoms with van der Waals surface area (Å²) in [7, 11) is 0. The molecule has 0 atom stereocenters. The molecule has 2 aliphatic rings. The van der Waals surface area contributed by atoms with Crippen LogP contribution < -0.4 is 5.73 Å². The van der Waals surface area contributed by atoms with E-state index >= 15 is 0 Å². The molecule has 0 saturated carbocycles. The quantitative estimate of drug-likeness (QED) is 0.650. The Bertz CT molecular complexity index is 355. The van der Waals surface area contributed by atoms with Crippen LogP contribution in [0.3, 0.4) is 0 Å². The van der Waals surface area contributed by atoms with Gasteiger partial charge in [-0.05, 0) is 12.8 Å². The van der Waals surface area contributed by atoms with Crippen molar-refractivity contribution < 1.29 is 9.59 Å². The smallest absolute Gasteiger partial charge is 0.246 e. The molecule has 0 aromatic rings. The molecule has 0 aliphatic carbocycles. The molecule has 1 amide bonds. The van der Waals surface area contributed by atoms with Crippen molar-refractivity contribution in [2.45, 2.75) is 19.3 Å². The van der Waals surface area contributed by atoms with Gasteiger partial charge in [0.15, 0.2) is 5.78 Å². The van der Waals surface area contributed by atoms with Crippen molar-refractivity contribution in [1.29, 1.82) is 0 Å². The minimum absolute atomic E-state index is 0.163. The number of carbonyl (C=O) groups is 2. The van der Waals surface area contributed by atoms with Crippen LogP contribution in [0, 0.1) is 0 Å². The van der Waals surface area contributed by atoms with E-state index in [-0.39, 0.29) is 5.78 Å². The maximum Gasteiger partial charge on any atom is 0.246 e. The van der Waals surface area contributed by atoms with Gasteiger partial charge in [0.05, 0.1) is 5.70 Å². The van der Waals surface area contributed by atoms with Crippen LogP contribution in [0.2, 0.25) is 0 Å². The van der Waals surface area contributed by atoms with Crippen molar-refractivity contribution in [3.05, 3.63) is 23.5 Å². The number of primary amides is 1.